The van der Waals surface area contributed by atoms with E-state index in [1.54, 1.807) is 18.2 Å². The molecule has 0 spiro atoms. The summed E-state index contributed by atoms with van der Waals surface area (Å²) in [6.07, 6.45) is 1.39. The van der Waals surface area contributed by atoms with Crippen LogP contribution in [0.5, 0.6) is 17.2 Å². The minimum absolute atomic E-state index is 0.256. The lowest BCUT2D eigenvalue weighted by atomic mass is 10.1. The Labute approximate surface area is 206 Å². The highest BCUT2D eigenvalue weighted by atomic mass is 16.6. The van der Waals surface area contributed by atoms with Gasteiger partial charge in [0.2, 0.25) is 5.75 Å². The number of phenols is 1. The molecule has 0 aromatic heterocycles. The highest BCUT2D eigenvalue weighted by molar-refractivity contribution is 5.98. The van der Waals surface area contributed by atoms with Crippen molar-refractivity contribution in [2.45, 2.75) is 13.5 Å². The molecule has 0 saturated carbocycles. The predicted octanol–water partition coefficient (Wildman–Crippen LogP) is 5.20. The van der Waals surface area contributed by atoms with Crippen molar-refractivity contribution >= 4 is 28.6 Å². The van der Waals surface area contributed by atoms with Crippen LogP contribution in [0.3, 0.4) is 0 Å². The van der Waals surface area contributed by atoms with Gasteiger partial charge in [-0.25, -0.2) is 5.43 Å². The lowest BCUT2D eigenvalue weighted by Crippen LogP contribution is -2.18. The number of phenolic OH excluding ortho intramolecular Hbond substituents is 1. The van der Waals surface area contributed by atoms with Crippen LogP contribution >= 0.6 is 0 Å². The molecule has 4 aromatic carbocycles. The number of aromatic hydroxyl groups is 1. The largest absolute Gasteiger partial charge is 0.502 e. The van der Waals surface area contributed by atoms with E-state index >= 15 is 0 Å². The van der Waals surface area contributed by atoms with E-state index in [0.717, 1.165) is 22.4 Å². The molecule has 1 amide bonds. The molecule has 0 radical (unpaired) electrons. The number of carbonyl (C=O) groups is 1. The van der Waals surface area contributed by atoms with E-state index < -0.39 is 22.3 Å². The molecule has 0 saturated heterocycles. The summed E-state index contributed by atoms with van der Waals surface area (Å²) >= 11 is 0. The van der Waals surface area contributed by atoms with Gasteiger partial charge in [0.15, 0.2) is 11.5 Å². The van der Waals surface area contributed by atoms with E-state index in [9.17, 15) is 20.0 Å². The summed E-state index contributed by atoms with van der Waals surface area (Å²) in [6.45, 7) is 2.65. The van der Waals surface area contributed by atoms with Crippen LogP contribution in [0, 0.1) is 10.1 Å². The Kier molecular flexibility index (Phi) is 7.40. The molecule has 0 aliphatic carbocycles. The Morgan fingerprint density at radius 1 is 1.03 bits per heavy atom. The summed E-state index contributed by atoms with van der Waals surface area (Å²) in [7, 11) is 0. The molecule has 9 heteroatoms. The third-order valence-corrected chi connectivity index (χ3v) is 5.37. The average Bonchev–Trinajstić information content (AvgIpc) is 2.88. The fraction of sp³-hybridized carbons (Fsp3) is 0.111. The maximum absolute atomic E-state index is 12.3. The number of rotatable bonds is 9. The van der Waals surface area contributed by atoms with Gasteiger partial charge in [0.25, 0.3) is 5.91 Å². The molecular weight excluding hydrogens is 462 g/mol. The van der Waals surface area contributed by atoms with Crippen LogP contribution in [0.25, 0.3) is 10.8 Å². The minimum atomic E-state index is -0.785. The molecule has 2 N–H and O–H groups in total. The second kappa shape index (κ2) is 11.0. The standard InChI is InChI=1S/C27H23N3O6/c1-2-35-25-15-18(16-28-29-27(32)22-11-6-12-23(26(22)31)30(33)34)13-14-24(25)36-17-20-9-5-8-19-7-3-4-10-21(19)20/h3-16,31H,2,17H2,1H3,(H,29,32)/b28-16-. The molecule has 182 valence electrons. The fourth-order valence-electron chi connectivity index (χ4n) is 3.65. The summed E-state index contributed by atoms with van der Waals surface area (Å²) in [6, 6.07) is 23.1. The summed E-state index contributed by atoms with van der Waals surface area (Å²) in [4.78, 5) is 22.5. The molecule has 0 aliphatic heterocycles. The molecule has 0 fully saturated rings. The number of nitro groups is 1. The molecule has 4 rings (SSSR count). The Bertz CT molecular complexity index is 1450. The predicted molar refractivity (Wildman–Crippen MR) is 136 cm³/mol. The van der Waals surface area contributed by atoms with E-state index in [0.29, 0.717) is 30.3 Å². The molecule has 0 aliphatic rings. The van der Waals surface area contributed by atoms with Gasteiger partial charge in [-0.3, -0.25) is 14.9 Å². The molecule has 9 nitrogen and oxygen atoms in total. The number of fused-ring (bicyclic) bond motifs is 1. The normalized spacial score (nSPS) is 10.9. The van der Waals surface area contributed by atoms with Gasteiger partial charge < -0.3 is 14.6 Å². The third-order valence-electron chi connectivity index (χ3n) is 5.37. The first-order chi connectivity index (χ1) is 17.5. The fourth-order valence-corrected chi connectivity index (χ4v) is 3.65. The number of ether oxygens (including phenoxy) is 2. The number of para-hydroxylation sites is 1. The number of nitro benzene ring substituents is 1. The van der Waals surface area contributed by atoms with Crippen molar-refractivity contribution in [2.24, 2.45) is 5.10 Å². The van der Waals surface area contributed by atoms with Crippen LogP contribution in [0.2, 0.25) is 0 Å². The number of carbonyl (C=O) groups excluding carboxylic acids is 1. The monoisotopic (exact) mass is 485 g/mol. The second-order valence-corrected chi connectivity index (χ2v) is 7.70. The summed E-state index contributed by atoms with van der Waals surface area (Å²) < 4.78 is 11.8. The maximum atomic E-state index is 12.3. The van der Waals surface area contributed by atoms with Crippen molar-refractivity contribution in [2.75, 3.05) is 6.61 Å². The van der Waals surface area contributed by atoms with Gasteiger partial charge >= 0.3 is 5.69 Å². The van der Waals surface area contributed by atoms with E-state index in [1.807, 2.05) is 31.2 Å². The highest BCUT2D eigenvalue weighted by Crippen LogP contribution is 2.30. The molecule has 0 unspecified atom stereocenters. The average molecular weight is 485 g/mol. The van der Waals surface area contributed by atoms with Crippen LogP contribution in [0.4, 0.5) is 5.69 Å². The Balaban J connectivity index is 1.46. The first-order valence-electron chi connectivity index (χ1n) is 11.1. The molecule has 4 aromatic rings. The van der Waals surface area contributed by atoms with Gasteiger partial charge in [0.05, 0.1) is 23.3 Å². The van der Waals surface area contributed by atoms with Crippen LogP contribution in [-0.2, 0) is 6.61 Å². The highest BCUT2D eigenvalue weighted by Gasteiger charge is 2.20. The van der Waals surface area contributed by atoms with Gasteiger partial charge in [-0.15, -0.1) is 0 Å². The molecule has 36 heavy (non-hydrogen) atoms. The minimum Gasteiger partial charge on any atom is -0.502 e. The van der Waals surface area contributed by atoms with Gasteiger partial charge in [-0.1, -0.05) is 48.5 Å². The Morgan fingerprint density at radius 3 is 2.61 bits per heavy atom. The first-order valence-corrected chi connectivity index (χ1v) is 11.1. The van der Waals surface area contributed by atoms with Gasteiger partial charge in [-0.2, -0.15) is 5.10 Å². The van der Waals surface area contributed by atoms with Crippen LogP contribution < -0.4 is 14.9 Å². The third kappa shape index (κ3) is 5.41. The zero-order valence-corrected chi connectivity index (χ0v) is 19.4. The van der Waals surface area contributed by atoms with Crippen molar-refractivity contribution in [1.82, 2.24) is 5.43 Å². The zero-order chi connectivity index (χ0) is 25.5. The second-order valence-electron chi connectivity index (χ2n) is 7.70. The number of nitrogens with zero attached hydrogens (tertiary/aromatic N) is 2. The number of hydrogen-bond acceptors (Lipinski definition) is 7. The van der Waals surface area contributed by atoms with Crippen molar-refractivity contribution in [1.29, 1.82) is 0 Å². The lowest BCUT2D eigenvalue weighted by Gasteiger charge is -2.13. The summed E-state index contributed by atoms with van der Waals surface area (Å²) in [5, 5.41) is 27.1. The Morgan fingerprint density at radius 2 is 1.81 bits per heavy atom. The van der Waals surface area contributed by atoms with E-state index in [1.165, 1.54) is 18.3 Å². The van der Waals surface area contributed by atoms with Crippen molar-refractivity contribution in [3.8, 4) is 17.2 Å². The summed E-state index contributed by atoms with van der Waals surface area (Å²) in [5.41, 5.74) is 3.12. The van der Waals surface area contributed by atoms with Crippen molar-refractivity contribution in [3.05, 3.63) is 106 Å². The topological polar surface area (TPSA) is 123 Å². The van der Waals surface area contributed by atoms with E-state index in [4.69, 9.17) is 9.47 Å². The molecule has 0 atom stereocenters. The van der Waals surface area contributed by atoms with E-state index in [2.05, 4.69) is 28.7 Å². The molecular formula is C27H23N3O6. The summed E-state index contributed by atoms with van der Waals surface area (Å²) in [5.74, 6) is -0.425. The Hall–Kier alpha value is -4.92. The number of amides is 1. The maximum Gasteiger partial charge on any atom is 0.311 e. The number of benzene rings is 4. The first kappa shape index (κ1) is 24.2. The molecule has 0 heterocycles. The number of hydrazone groups is 1. The molecule has 0 bridgehead atoms. The zero-order valence-electron chi connectivity index (χ0n) is 19.4. The lowest BCUT2D eigenvalue weighted by molar-refractivity contribution is -0.385. The van der Waals surface area contributed by atoms with Crippen molar-refractivity contribution < 1.29 is 24.3 Å². The van der Waals surface area contributed by atoms with Gasteiger partial charge in [0.1, 0.15) is 6.61 Å². The van der Waals surface area contributed by atoms with Crippen molar-refractivity contribution in [3.63, 3.8) is 0 Å². The number of nitrogens with one attached hydrogen (secondary N) is 1. The van der Waals surface area contributed by atoms with Gasteiger partial charge in [0, 0.05) is 6.07 Å². The number of hydrogen-bond donors (Lipinski definition) is 2. The van der Waals surface area contributed by atoms with Crippen LogP contribution in [0.15, 0.2) is 84.0 Å². The SMILES string of the molecule is CCOc1cc(/C=N\NC(=O)c2cccc([N+](=O)[O-])c2O)ccc1OCc1cccc2ccccc12. The quantitative estimate of drug-likeness (QED) is 0.191. The van der Waals surface area contributed by atoms with Crippen LogP contribution in [0.1, 0.15) is 28.4 Å². The van der Waals surface area contributed by atoms with Gasteiger partial charge in [-0.05, 0) is 53.1 Å². The van der Waals surface area contributed by atoms with E-state index in [-0.39, 0.29) is 5.56 Å². The van der Waals surface area contributed by atoms with Crippen LogP contribution in [-0.4, -0.2) is 28.8 Å². The smallest absolute Gasteiger partial charge is 0.311 e.